The Morgan fingerprint density at radius 1 is 1.38 bits per heavy atom. The molecule has 2 rings (SSSR count). The van der Waals surface area contributed by atoms with Crippen molar-refractivity contribution in [2.45, 2.75) is 13.0 Å². The lowest BCUT2D eigenvalue weighted by Crippen LogP contribution is -2.46. The van der Waals surface area contributed by atoms with Crippen molar-refractivity contribution >= 4 is 5.69 Å². The van der Waals surface area contributed by atoms with Crippen LogP contribution in [0.25, 0.3) is 0 Å². The molecule has 0 saturated carbocycles. The molecule has 1 aromatic carbocycles. The van der Waals surface area contributed by atoms with Gasteiger partial charge in [-0.2, -0.15) is 0 Å². The van der Waals surface area contributed by atoms with Gasteiger partial charge in [-0.1, -0.05) is 18.2 Å². The molecule has 1 atom stereocenters. The van der Waals surface area contributed by atoms with Gasteiger partial charge in [-0.15, -0.1) is 0 Å². The molecule has 116 valence electrons. The van der Waals surface area contributed by atoms with Gasteiger partial charge >= 0.3 is 0 Å². The summed E-state index contributed by atoms with van der Waals surface area (Å²) < 4.78 is 0. The topological polar surface area (TPSA) is 61.7 Å². The van der Waals surface area contributed by atoms with Crippen molar-refractivity contribution < 1.29 is 4.92 Å². The Kier molecular flexibility index (Phi) is 5.67. The molecular formula is C15H24N4O2. The molecule has 0 bridgehead atoms. The Morgan fingerprint density at radius 2 is 2.05 bits per heavy atom. The number of nitrogens with one attached hydrogen (secondary N) is 1. The average Bonchev–Trinajstić information content (AvgIpc) is 2.52. The van der Waals surface area contributed by atoms with Gasteiger partial charge in [0.25, 0.3) is 5.69 Å². The predicted molar refractivity (Wildman–Crippen MR) is 83.5 cm³/mol. The molecule has 1 saturated heterocycles. The quantitative estimate of drug-likeness (QED) is 0.636. The van der Waals surface area contributed by atoms with Crippen molar-refractivity contribution in [3.63, 3.8) is 0 Å². The van der Waals surface area contributed by atoms with Gasteiger partial charge in [-0.05, 0) is 14.0 Å². The third kappa shape index (κ3) is 4.23. The van der Waals surface area contributed by atoms with E-state index in [0.29, 0.717) is 0 Å². The summed E-state index contributed by atoms with van der Waals surface area (Å²) in [7, 11) is 2.03. The maximum absolute atomic E-state index is 11.1. The van der Waals surface area contributed by atoms with E-state index >= 15 is 0 Å². The maximum Gasteiger partial charge on any atom is 0.274 e. The lowest BCUT2D eigenvalue weighted by atomic mass is 10.1. The van der Waals surface area contributed by atoms with Crippen molar-refractivity contribution in [3.05, 3.63) is 39.9 Å². The van der Waals surface area contributed by atoms with E-state index in [9.17, 15) is 10.1 Å². The number of piperazine rings is 1. The highest BCUT2D eigenvalue weighted by Crippen LogP contribution is 2.27. The summed E-state index contributed by atoms with van der Waals surface area (Å²) in [6, 6.07) is 7.05. The number of hydrogen-bond donors (Lipinski definition) is 1. The second-order valence-corrected chi connectivity index (χ2v) is 5.56. The summed E-state index contributed by atoms with van der Waals surface area (Å²) in [5, 5.41) is 14.5. The summed E-state index contributed by atoms with van der Waals surface area (Å²) in [6.07, 6.45) is 0. The minimum atomic E-state index is -0.296. The number of nitro groups is 1. The average molecular weight is 292 g/mol. The van der Waals surface area contributed by atoms with Crippen molar-refractivity contribution in [1.29, 1.82) is 0 Å². The van der Waals surface area contributed by atoms with Crippen LogP contribution in [-0.4, -0.2) is 61.0 Å². The fraction of sp³-hybridized carbons (Fsp3) is 0.600. The fourth-order valence-electron chi connectivity index (χ4n) is 2.67. The van der Waals surface area contributed by atoms with Crippen molar-refractivity contribution in [2.24, 2.45) is 0 Å². The van der Waals surface area contributed by atoms with Crippen LogP contribution in [-0.2, 0) is 0 Å². The first-order chi connectivity index (χ1) is 10.1. The molecule has 1 unspecified atom stereocenters. The van der Waals surface area contributed by atoms with Crippen molar-refractivity contribution in [3.8, 4) is 0 Å². The van der Waals surface area contributed by atoms with Gasteiger partial charge in [-0.25, -0.2) is 0 Å². The maximum atomic E-state index is 11.1. The molecule has 21 heavy (non-hydrogen) atoms. The van der Waals surface area contributed by atoms with E-state index < -0.39 is 0 Å². The normalized spacial score (nSPS) is 17.9. The second-order valence-electron chi connectivity index (χ2n) is 5.56. The third-order valence-electron chi connectivity index (χ3n) is 4.22. The highest BCUT2D eigenvalue weighted by molar-refractivity contribution is 5.41. The smallest absolute Gasteiger partial charge is 0.274 e. The van der Waals surface area contributed by atoms with Gasteiger partial charge in [0, 0.05) is 56.9 Å². The first kappa shape index (κ1) is 15.9. The van der Waals surface area contributed by atoms with Crippen LogP contribution in [0.4, 0.5) is 5.69 Å². The number of hydrogen-bond acceptors (Lipinski definition) is 5. The van der Waals surface area contributed by atoms with Crippen molar-refractivity contribution in [2.75, 3.05) is 46.3 Å². The molecule has 0 spiro atoms. The highest BCUT2D eigenvalue weighted by atomic mass is 16.6. The third-order valence-corrected chi connectivity index (χ3v) is 4.22. The summed E-state index contributed by atoms with van der Waals surface area (Å²) in [4.78, 5) is 15.4. The molecule has 1 heterocycles. The van der Waals surface area contributed by atoms with Crippen LogP contribution < -0.4 is 5.32 Å². The molecule has 0 radical (unpaired) electrons. The number of nitro benzene ring substituents is 1. The number of benzene rings is 1. The van der Waals surface area contributed by atoms with E-state index in [1.165, 1.54) is 0 Å². The lowest BCUT2D eigenvalue weighted by Gasteiger charge is -2.31. The first-order valence-electron chi connectivity index (χ1n) is 7.46. The van der Waals surface area contributed by atoms with Crippen molar-refractivity contribution in [1.82, 2.24) is 15.1 Å². The predicted octanol–water partition coefficient (Wildman–Crippen LogP) is 1.49. The molecular weight excluding hydrogens is 268 g/mol. The largest absolute Gasteiger partial charge is 0.314 e. The van der Waals surface area contributed by atoms with Crippen LogP contribution in [0.3, 0.4) is 0 Å². The second kappa shape index (κ2) is 7.49. The highest BCUT2D eigenvalue weighted by Gasteiger charge is 2.21. The summed E-state index contributed by atoms with van der Waals surface area (Å²) in [6.45, 7) is 8.19. The molecule has 1 N–H and O–H groups in total. The Hall–Kier alpha value is -1.50. The number of para-hydroxylation sites is 1. The number of likely N-dealkylation sites (N-methyl/N-ethyl adjacent to an activating group) is 1. The van der Waals surface area contributed by atoms with E-state index in [-0.39, 0.29) is 16.7 Å². The number of rotatable bonds is 6. The molecule has 1 fully saturated rings. The van der Waals surface area contributed by atoms with Crippen LogP contribution >= 0.6 is 0 Å². The monoisotopic (exact) mass is 292 g/mol. The standard InChI is InChI=1S/C15H24N4O2/c1-13(14-5-3-4-6-15(14)19(20)21)17(2)11-12-18-9-7-16-8-10-18/h3-6,13,16H,7-12H2,1-2H3. The summed E-state index contributed by atoms with van der Waals surface area (Å²) >= 11 is 0. The Morgan fingerprint density at radius 3 is 2.71 bits per heavy atom. The number of nitrogens with zero attached hydrogens (tertiary/aromatic N) is 3. The zero-order chi connectivity index (χ0) is 15.2. The van der Waals surface area contributed by atoms with E-state index in [0.717, 1.165) is 44.8 Å². The Bertz CT molecular complexity index is 474. The fourth-order valence-corrected chi connectivity index (χ4v) is 2.67. The van der Waals surface area contributed by atoms with Crippen LogP contribution in [0.5, 0.6) is 0 Å². The summed E-state index contributed by atoms with van der Waals surface area (Å²) in [5.74, 6) is 0. The zero-order valence-corrected chi connectivity index (χ0v) is 12.8. The minimum Gasteiger partial charge on any atom is -0.314 e. The van der Waals surface area contributed by atoms with Gasteiger partial charge < -0.3 is 5.32 Å². The van der Waals surface area contributed by atoms with E-state index in [4.69, 9.17) is 0 Å². The summed E-state index contributed by atoms with van der Waals surface area (Å²) in [5.41, 5.74) is 0.990. The van der Waals surface area contributed by atoms with E-state index in [1.54, 1.807) is 12.1 Å². The first-order valence-corrected chi connectivity index (χ1v) is 7.46. The van der Waals surface area contributed by atoms with Crippen LogP contribution in [0.15, 0.2) is 24.3 Å². The van der Waals surface area contributed by atoms with E-state index in [1.807, 2.05) is 26.1 Å². The lowest BCUT2D eigenvalue weighted by molar-refractivity contribution is -0.385. The molecule has 6 nitrogen and oxygen atoms in total. The zero-order valence-electron chi connectivity index (χ0n) is 12.8. The van der Waals surface area contributed by atoms with Gasteiger partial charge in [0.15, 0.2) is 0 Å². The molecule has 1 aliphatic heterocycles. The molecule has 1 aromatic rings. The molecule has 0 amide bonds. The Balaban J connectivity index is 1.95. The Labute approximate surface area is 125 Å². The van der Waals surface area contributed by atoms with Crippen LogP contribution in [0, 0.1) is 10.1 Å². The van der Waals surface area contributed by atoms with Crippen LogP contribution in [0.1, 0.15) is 18.5 Å². The SMILES string of the molecule is CC(c1ccccc1[N+](=O)[O-])N(C)CCN1CCNCC1. The van der Waals surface area contributed by atoms with Gasteiger partial charge in [0.2, 0.25) is 0 Å². The van der Waals surface area contributed by atoms with Crippen LogP contribution in [0.2, 0.25) is 0 Å². The molecule has 6 heteroatoms. The van der Waals surface area contributed by atoms with Gasteiger partial charge in [0.1, 0.15) is 0 Å². The molecule has 1 aliphatic rings. The minimum absolute atomic E-state index is 0.0366. The molecule has 0 aliphatic carbocycles. The van der Waals surface area contributed by atoms with E-state index in [2.05, 4.69) is 15.1 Å². The van der Waals surface area contributed by atoms with Gasteiger partial charge in [0.05, 0.1) is 4.92 Å². The van der Waals surface area contributed by atoms with Gasteiger partial charge in [-0.3, -0.25) is 19.9 Å². The molecule has 0 aromatic heterocycles.